The van der Waals surface area contributed by atoms with Crippen LogP contribution in [-0.2, 0) is 0 Å². The largest absolute Gasteiger partial charge is 0.490 e. The highest BCUT2D eigenvalue weighted by Gasteiger charge is 2.21. The Hall–Kier alpha value is -1.80. The van der Waals surface area contributed by atoms with Crippen LogP contribution in [0.15, 0.2) is 48.6 Å². The molecular formula is C24H28ClFO. The van der Waals surface area contributed by atoms with Crippen molar-refractivity contribution < 1.29 is 9.13 Å². The lowest BCUT2D eigenvalue weighted by molar-refractivity contribution is 0.301. The predicted molar refractivity (Wildman–Crippen MR) is 112 cm³/mol. The molecule has 0 N–H and O–H groups in total. The summed E-state index contributed by atoms with van der Waals surface area (Å²) < 4.78 is 19.9. The van der Waals surface area contributed by atoms with Crippen LogP contribution in [0.4, 0.5) is 4.39 Å². The third-order valence-electron chi connectivity index (χ3n) is 5.44. The number of allylic oxidation sites excluding steroid dienone is 2. The van der Waals surface area contributed by atoms with Crippen molar-refractivity contribution in [1.82, 2.24) is 0 Å². The zero-order valence-electron chi connectivity index (χ0n) is 16.2. The van der Waals surface area contributed by atoms with E-state index in [9.17, 15) is 4.39 Å². The van der Waals surface area contributed by atoms with Gasteiger partial charge in [0.05, 0.1) is 11.6 Å². The zero-order valence-corrected chi connectivity index (χ0v) is 16.9. The topological polar surface area (TPSA) is 9.23 Å². The number of halogens is 2. The number of ether oxygens (including phenoxy) is 1. The van der Waals surface area contributed by atoms with E-state index in [4.69, 9.17) is 16.3 Å². The van der Waals surface area contributed by atoms with Gasteiger partial charge in [0.15, 0.2) is 11.6 Å². The first-order chi connectivity index (χ1) is 13.1. The molecule has 0 atom stereocenters. The number of rotatable bonds is 6. The van der Waals surface area contributed by atoms with Crippen molar-refractivity contribution in [3.8, 4) is 16.9 Å². The normalized spacial score (nSPS) is 20.1. The summed E-state index contributed by atoms with van der Waals surface area (Å²) in [6.45, 7) is 4.57. The molecule has 1 fully saturated rings. The van der Waals surface area contributed by atoms with E-state index in [1.54, 1.807) is 6.07 Å². The Morgan fingerprint density at radius 3 is 2.41 bits per heavy atom. The van der Waals surface area contributed by atoms with Crippen LogP contribution < -0.4 is 4.74 Å². The molecule has 1 aliphatic rings. The fourth-order valence-electron chi connectivity index (χ4n) is 3.93. The average Bonchev–Trinajstić information content (AvgIpc) is 2.70. The standard InChI is InChI=1S/C24H28ClFO/c1-3-5-17-6-8-18(9-7-17)19-10-12-20(13-11-19)21-14-15-22(27-16-4-2)24(26)23(21)25/h3,5,10-15,17-18H,4,6-9,16H2,1-2H3. The minimum absolute atomic E-state index is 0.128. The molecule has 0 heterocycles. The van der Waals surface area contributed by atoms with E-state index in [1.165, 1.54) is 31.2 Å². The van der Waals surface area contributed by atoms with Gasteiger partial charge in [-0.05, 0) is 74.1 Å². The van der Waals surface area contributed by atoms with E-state index in [-0.39, 0.29) is 10.8 Å². The van der Waals surface area contributed by atoms with Crippen LogP contribution in [-0.4, -0.2) is 6.61 Å². The van der Waals surface area contributed by atoms with E-state index in [0.29, 0.717) is 18.1 Å². The van der Waals surface area contributed by atoms with Crippen LogP contribution in [0.5, 0.6) is 5.75 Å². The molecule has 0 aliphatic heterocycles. The van der Waals surface area contributed by atoms with Gasteiger partial charge in [-0.15, -0.1) is 0 Å². The first-order valence-corrected chi connectivity index (χ1v) is 10.4. The van der Waals surface area contributed by atoms with Crippen LogP contribution in [0.2, 0.25) is 5.02 Å². The molecule has 3 rings (SSSR count). The molecule has 2 aromatic carbocycles. The zero-order chi connectivity index (χ0) is 19.2. The summed E-state index contributed by atoms with van der Waals surface area (Å²) in [5.41, 5.74) is 3.02. The molecule has 1 nitrogen and oxygen atoms in total. The molecule has 0 aromatic heterocycles. The van der Waals surface area contributed by atoms with Crippen molar-refractivity contribution >= 4 is 11.6 Å². The van der Waals surface area contributed by atoms with Crippen LogP contribution in [0.25, 0.3) is 11.1 Å². The maximum Gasteiger partial charge on any atom is 0.184 e. The van der Waals surface area contributed by atoms with Crippen molar-refractivity contribution in [2.75, 3.05) is 6.61 Å². The quantitative estimate of drug-likeness (QED) is 0.460. The smallest absolute Gasteiger partial charge is 0.184 e. The molecule has 1 saturated carbocycles. The first-order valence-electron chi connectivity index (χ1n) is 9.98. The second kappa shape index (κ2) is 9.41. The summed E-state index contributed by atoms with van der Waals surface area (Å²) in [7, 11) is 0. The van der Waals surface area contributed by atoms with Crippen molar-refractivity contribution in [2.24, 2.45) is 5.92 Å². The van der Waals surface area contributed by atoms with Crippen LogP contribution in [0.3, 0.4) is 0 Å². The maximum absolute atomic E-state index is 14.5. The van der Waals surface area contributed by atoms with Crippen molar-refractivity contribution in [3.05, 3.63) is 65.0 Å². The highest BCUT2D eigenvalue weighted by atomic mass is 35.5. The van der Waals surface area contributed by atoms with Crippen LogP contribution in [0, 0.1) is 11.7 Å². The van der Waals surface area contributed by atoms with Gasteiger partial charge in [-0.3, -0.25) is 0 Å². The Balaban J connectivity index is 1.73. The monoisotopic (exact) mass is 386 g/mol. The molecule has 2 aromatic rings. The van der Waals surface area contributed by atoms with Gasteiger partial charge in [-0.25, -0.2) is 4.39 Å². The van der Waals surface area contributed by atoms with Gasteiger partial charge in [0.25, 0.3) is 0 Å². The van der Waals surface area contributed by atoms with Gasteiger partial charge in [0, 0.05) is 5.56 Å². The summed E-state index contributed by atoms with van der Waals surface area (Å²) in [5, 5.41) is 0.128. The minimum Gasteiger partial charge on any atom is -0.490 e. The molecule has 27 heavy (non-hydrogen) atoms. The van der Waals surface area contributed by atoms with E-state index in [2.05, 4.69) is 43.3 Å². The number of hydrogen-bond donors (Lipinski definition) is 0. The van der Waals surface area contributed by atoms with Gasteiger partial charge in [-0.2, -0.15) is 0 Å². The van der Waals surface area contributed by atoms with Gasteiger partial charge >= 0.3 is 0 Å². The molecule has 0 bridgehead atoms. The predicted octanol–water partition coefficient (Wildman–Crippen LogP) is 7.78. The number of benzene rings is 2. The summed E-state index contributed by atoms with van der Waals surface area (Å²) in [6, 6.07) is 12.0. The molecule has 144 valence electrons. The minimum atomic E-state index is -0.478. The molecule has 0 spiro atoms. The Bertz CT molecular complexity index is 774. The summed E-state index contributed by atoms with van der Waals surface area (Å²) in [4.78, 5) is 0. The fourth-order valence-corrected chi connectivity index (χ4v) is 4.20. The first kappa shape index (κ1) is 19.9. The Morgan fingerprint density at radius 1 is 1.07 bits per heavy atom. The molecular weight excluding hydrogens is 359 g/mol. The molecule has 0 unspecified atom stereocenters. The fraction of sp³-hybridized carbons (Fsp3) is 0.417. The summed E-state index contributed by atoms with van der Waals surface area (Å²) in [5.74, 6) is 1.10. The average molecular weight is 387 g/mol. The highest BCUT2D eigenvalue weighted by Crippen LogP contribution is 2.38. The van der Waals surface area contributed by atoms with Crippen LogP contribution >= 0.6 is 11.6 Å². The lowest BCUT2D eigenvalue weighted by atomic mass is 9.78. The maximum atomic E-state index is 14.5. The SMILES string of the molecule is CC=CC1CCC(c2ccc(-c3ccc(OCCC)c(F)c3Cl)cc2)CC1. The van der Waals surface area contributed by atoms with E-state index in [0.717, 1.165) is 17.9 Å². The Labute approximate surface area is 167 Å². The lowest BCUT2D eigenvalue weighted by Crippen LogP contribution is -2.11. The van der Waals surface area contributed by atoms with Crippen molar-refractivity contribution in [3.63, 3.8) is 0 Å². The summed E-state index contributed by atoms with van der Waals surface area (Å²) in [6.07, 6.45) is 10.3. The van der Waals surface area contributed by atoms with Crippen LogP contribution in [0.1, 0.15) is 57.4 Å². The van der Waals surface area contributed by atoms with Gasteiger partial charge in [0.1, 0.15) is 0 Å². The summed E-state index contributed by atoms with van der Waals surface area (Å²) >= 11 is 6.28. The second-order valence-corrected chi connectivity index (χ2v) is 7.73. The second-order valence-electron chi connectivity index (χ2n) is 7.35. The highest BCUT2D eigenvalue weighted by molar-refractivity contribution is 6.33. The molecule has 0 saturated heterocycles. The number of hydrogen-bond acceptors (Lipinski definition) is 1. The Kier molecular flexibility index (Phi) is 6.95. The third-order valence-corrected chi connectivity index (χ3v) is 5.81. The van der Waals surface area contributed by atoms with E-state index >= 15 is 0 Å². The van der Waals surface area contributed by atoms with Gasteiger partial charge < -0.3 is 4.74 Å². The molecule has 3 heteroatoms. The van der Waals surface area contributed by atoms with E-state index < -0.39 is 5.82 Å². The van der Waals surface area contributed by atoms with E-state index in [1.807, 2.05) is 13.0 Å². The van der Waals surface area contributed by atoms with Crippen molar-refractivity contribution in [1.29, 1.82) is 0 Å². The molecule has 0 amide bonds. The third kappa shape index (κ3) is 4.73. The van der Waals surface area contributed by atoms with Gasteiger partial charge in [0.2, 0.25) is 0 Å². The van der Waals surface area contributed by atoms with Gasteiger partial charge in [-0.1, -0.05) is 54.9 Å². The molecule has 0 radical (unpaired) electrons. The van der Waals surface area contributed by atoms with Crippen molar-refractivity contribution in [2.45, 2.75) is 51.9 Å². The molecule has 1 aliphatic carbocycles. The Morgan fingerprint density at radius 2 is 1.78 bits per heavy atom. The lowest BCUT2D eigenvalue weighted by Gasteiger charge is -2.27.